The molecule has 2 aromatic heterocycles. The summed E-state index contributed by atoms with van der Waals surface area (Å²) in [7, 11) is 0. The lowest BCUT2D eigenvalue weighted by Gasteiger charge is -2.20. The summed E-state index contributed by atoms with van der Waals surface area (Å²) in [6.45, 7) is 6.37. The van der Waals surface area contributed by atoms with Crippen molar-refractivity contribution in [3.63, 3.8) is 0 Å². The van der Waals surface area contributed by atoms with Crippen LogP contribution in [0.2, 0.25) is 0 Å². The molecule has 0 spiro atoms. The van der Waals surface area contributed by atoms with E-state index in [0.717, 1.165) is 44.9 Å². The number of imide groups is 1. The SMILES string of the molecule is CC(=O)N1CC2=C(C1=O)[C@@H](c1ccc(OCc3ccccn3)cc1)c1cn(C(C)C)c3cccc(c13)N2. The molecule has 1 atom stereocenters. The molecule has 0 saturated heterocycles. The quantitative estimate of drug-likeness (QED) is 0.404. The number of hydrogen-bond acceptors (Lipinski definition) is 5. The molecule has 7 heteroatoms. The molecule has 6 rings (SSSR count). The molecule has 1 N–H and O–H groups in total. The second-order valence-electron chi connectivity index (χ2n) is 9.82. The summed E-state index contributed by atoms with van der Waals surface area (Å²) in [5.74, 6) is -0.0945. The third-order valence-corrected chi connectivity index (χ3v) is 7.15. The molecule has 0 fully saturated rings. The Morgan fingerprint density at radius 1 is 1.11 bits per heavy atom. The van der Waals surface area contributed by atoms with Crippen LogP contribution in [0.4, 0.5) is 5.69 Å². The Morgan fingerprint density at radius 3 is 2.62 bits per heavy atom. The average Bonchev–Trinajstić information content (AvgIpc) is 3.39. The van der Waals surface area contributed by atoms with Crippen molar-refractivity contribution in [1.82, 2.24) is 14.5 Å². The Balaban J connectivity index is 1.45. The van der Waals surface area contributed by atoms with Crippen molar-refractivity contribution < 1.29 is 14.3 Å². The first-order valence-electron chi connectivity index (χ1n) is 12.5. The Labute approximate surface area is 215 Å². The highest BCUT2D eigenvalue weighted by Gasteiger charge is 2.41. The van der Waals surface area contributed by atoms with Crippen LogP contribution in [0.25, 0.3) is 10.9 Å². The number of carbonyl (C=O) groups excluding carboxylic acids is 2. The van der Waals surface area contributed by atoms with E-state index in [1.54, 1.807) is 6.20 Å². The number of carbonyl (C=O) groups is 2. The molecular formula is C30H28N4O3. The molecule has 37 heavy (non-hydrogen) atoms. The van der Waals surface area contributed by atoms with Gasteiger partial charge in [0.15, 0.2) is 0 Å². The highest BCUT2D eigenvalue weighted by atomic mass is 16.5. The topological polar surface area (TPSA) is 76.5 Å². The fraction of sp³-hybridized carbons (Fsp3) is 0.233. The molecule has 4 heterocycles. The normalized spacial score (nSPS) is 16.7. The number of anilines is 1. The molecule has 2 amide bonds. The maximum absolute atomic E-state index is 13.6. The predicted molar refractivity (Wildman–Crippen MR) is 142 cm³/mol. The van der Waals surface area contributed by atoms with Gasteiger partial charge in [0, 0.05) is 48.0 Å². The van der Waals surface area contributed by atoms with Crippen molar-refractivity contribution in [3.8, 4) is 5.75 Å². The Kier molecular flexibility index (Phi) is 5.56. The van der Waals surface area contributed by atoms with Gasteiger partial charge in [-0.1, -0.05) is 24.3 Å². The van der Waals surface area contributed by atoms with Crippen molar-refractivity contribution in [3.05, 3.63) is 101 Å². The summed E-state index contributed by atoms with van der Waals surface area (Å²) in [6, 6.07) is 20.1. The maximum atomic E-state index is 13.6. The lowest BCUT2D eigenvalue weighted by atomic mass is 9.84. The van der Waals surface area contributed by atoms with Gasteiger partial charge in [-0.3, -0.25) is 19.5 Å². The van der Waals surface area contributed by atoms with E-state index in [2.05, 4.69) is 41.0 Å². The van der Waals surface area contributed by atoms with Gasteiger partial charge in [-0.15, -0.1) is 0 Å². The van der Waals surface area contributed by atoms with Crippen molar-refractivity contribution in [2.24, 2.45) is 0 Å². The summed E-state index contributed by atoms with van der Waals surface area (Å²) in [5, 5.41) is 4.63. The third kappa shape index (κ3) is 3.87. The first-order chi connectivity index (χ1) is 17.9. The van der Waals surface area contributed by atoms with Gasteiger partial charge in [0.1, 0.15) is 12.4 Å². The van der Waals surface area contributed by atoms with Crippen LogP contribution in [0, 0.1) is 0 Å². The number of nitrogens with zero attached hydrogens (tertiary/aromatic N) is 3. The minimum absolute atomic E-state index is 0.242. The third-order valence-electron chi connectivity index (χ3n) is 7.15. The first kappa shape index (κ1) is 23.0. The zero-order valence-corrected chi connectivity index (χ0v) is 21.1. The van der Waals surface area contributed by atoms with E-state index >= 15 is 0 Å². The van der Waals surface area contributed by atoms with Gasteiger partial charge >= 0.3 is 0 Å². The Hall–Kier alpha value is -4.39. The molecule has 4 aromatic rings. The average molecular weight is 493 g/mol. The lowest BCUT2D eigenvalue weighted by Crippen LogP contribution is -2.33. The number of hydrogen-bond donors (Lipinski definition) is 1. The maximum Gasteiger partial charge on any atom is 0.259 e. The lowest BCUT2D eigenvalue weighted by molar-refractivity contribution is -0.139. The van der Waals surface area contributed by atoms with E-state index in [1.165, 1.54) is 11.8 Å². The van der Waals surface area contributed by atoms with Crippen LogP contribution in [0.15, 0.2) is 84.3 Å². The van der Waals surface area contributed by atoms with Crippen molar-refractivity contribution in [2.45, 2.75) is 39.3 Å². The zero-order chi connectivity index (χ0) is 25.7. The highest BCUT2D eigenvalue weighted by Crippen LogP contribution is 2.47. The van der Waals surface area contributed by atoms with E-state index in [4.69, 9.17) is 4.74 Å². The van der Waals surface area contributed by atoms with Gasteiger partial charge in [0.25, 0.3) is 5.91 Å². The second-order valence-corrected chi connectivity index (χ2v) is 9.82. The van der Waals surface area contributed by atoms with Crippen LogP contribution in [-0.4, -0.2) is 32.8 Å². The van der Waals surface area contributed by atoms with Crippen LogP contribution in [0.5, 0.6) is 5.75 Å². The molecule has 2 aliphatic heterocycles. The molecule has 0 radical (unpaired) electrons. The summed E-state index contributed by atoms with van der Waals surface area (Å²) in [5.41, 5.74) is 6.35. The molecule has 0 bridgehead atoms. The van der Waals surface area contributed by atoms with E-state index in [-0.39, 0.29) is 30.3 Å². The highest BCUT2D eigenvalue weighted by molar-refractivity contribution is 6.11. The molecular weight excluding hydrogens is 464 g/mol. The van der Waals surface area contributed by atoms with Crippen LogP contribution in [0.1, 0.15) is 49.6 Å². The summed E-state index contributed by atoms with van der Waals surface area (Å²) in [4.78, 5) is 31.6. The summed E-state index contributed by atoms with van der Waals surface area (Å²) < 4.78 is 8.20. The van der Waals surface area contributed by atoms with E-state index in [1.807, 2.05) is 54.6 Å². The zero-order valence-electron chi connectivity index (χ0n) is 21.1. The Bertz CT molecular complexity index is 1550. The van der Waals surface area contributed by atoms with Gasteiger partial charge in [-0.2, -0.15) is 0 Å². The fourth-order valence-electron chi connectivity index (χ4n) is 5.40. The van der Waals surface area contributed by atoms with Crippen LogP contribution >= 0.6 is 0 Å². The van der Waals surface area contributed by atoms with Crippen molar-refractivity contribution >= 4 is 28.4 Å². The molecule has 2 aromatic carbocycles. The summed E-state index contributed by atoms with van der Waals surface area (Å²) >= 11 is 0. The molecule has 0 saturated carbocycles. The number of nitrogens with one attached hydrogen (secondary N) is 1. The van der Waals surface area contributed by atoms with Gasteiger partial charge in [-0.05, 0) is 61.4 Å². The fourth-order valence-corrected chi connectivity index (χ4v) is 5.40. The summed E-state index contributed by atoms with van der Waals surface area (Å²) in [6.07, 6.45) is 3.91. The van der Waals surface area contributed by atoms with Gasteiger partial charge < -0.3 is 14.6 Å². The van der Waals surface area contributed by atoms with E-state index in [9.17, 15) is 9.59 Å². The van der Waals surface area contributed by atoms with Crippen LogP contribution in [0.3, 0.4) is 0 Å². The van der Waals surface area contributed by atoms with E-state index < -0.39 is 0 Å². The number of benzene rings is 2. The number of rotatable bonds is 5. The van der Waals surface area contributed by atoms with E-state index in [0.29, 0.717) is 12.2 Å². The number of pyridine rings is 1. The van der Waals surface area contributed by atoms with Crippen LogP contribution < -0.4 is 10.1 Å². The minimum atomic E-state index is -0.324. The molecule has 0 aliphatic carbocycles. The largest absolute Gasteiger partial charge is 0.487 e. The van der Waals surface area contributed by atoms with Crippen molar-refractivity contribution in [1.29, 1.82) is 0 Å². The smallest absolute Gasteiger partial charge is 0.259 e. The Morgan fingerprint density at radius 2 is 1.92 bits per heavy atom. The number of ether oxygens (including phenoxy) is 1. The predicted octanol–water partition coefficient (Wildman–Crippen LogP) is 5.40. The monoisotopic (exact) mass is 492 g/mol. The standard InChI is InChI=1S/C30H28N4O3/c1-18(2)33-15-23-27(20-10-12-22(13-11-20)37-17-21-7-4-5-14-31-21)29-25(16-34(19(3)35)30(29)36)32-24-8-6-9-26(33)28(23)24/h4-15,18,27,32H,16-17H2,1-3H3/t27-/m0/s1. The number of aromatic nitrogens is 2. The first-order valence-corrected chi connectivity index (χ1v) is 12.5. The minimum Gasteiger partial charge on any atom is -0.487 e. The second kappa shape index (κ2) is 8.92. The van der Waals surface area contributed by atoms with Gasteiger partial charge in [-0.25, -0.2) is 0 Å². The number of amides is 2. The molecule has 186 valence electrons. The van der Waals surface area contributed by atoms with Crippen molar-refractivity contribution in [2.75, 3.05) is 11.9 Å². The van der Waals surface area contributed by atoms with Gasteiger partial charge in [0.2, 0.25) is 5.91 Å². The molecule has 0 unspecified atom stereocenters. The van der Waals surface area contributed by atoms with Crippen LogP contribution in [-0.2, 0) is 16.2 Å². The molecule has 7 nitrogen and oxygen atoms in total. The van der Waals surface area contributed by atoms with Gasteiger partial charge in [0.05, 0.1) is 23.3 Å². The molecule has 2 aliphatic rings.